The summed E-state index contributed by atoms with van der Waals surface area (Å²) in [6.45, 7) is 5.64. The van der Waals surface area contributed by atoms with Crippen molar-refractivity contribution in [1.82, 2.24) is 19.7 Å². The van der Waals surface area contributed by atoms with E-state index in [0.717, 1.165) is 16.5 Å². The molecular formula is C21H24ClN5O3. The number of hydrogen-bond acceptors (Lipinski definition) is 7. The number of anilines is 1. The number of ether oxygens (including phenoxy) is 1. The minimum Gasteiger partial charge on any atom is -0.392 e. The number of carbonyl (C=O) groups is 1. The van der Waals surface area contributed by atoms with Gasteiger partial charge >= 0.3 is 0 Å². The van der Waals surface area contributed by atoms with Crippen molar-refractivity contribution in [1.29, 1.82) is 0 Å². The first kappa shape index (κ1) is 20.7. The molecule has 4 rings (SSSR count). The number of halogens is 1. The van der Waals surface area contributed by atoms with Crippen LogP contribution < -0.4 is 5.32 Å². The number of hydrogen-bond donors (Lipinski definition) is 2. The topological polar surface area (TPSA) is 102 Å². The predicted molar refractivity (Wildman–Crippen MR) is 114 cm³/mol. The summed E-state index contributed by atoms with van der Waals surface area (Å²) in [5, 5.41) is 18.5. The Kier molecular flexibility index (Phi) is 5.99. The molecule has 0 amide bonds. The number of benzene rings is 1. The number of Topliss-reactive ketones (excluding diaryl/α,β-unsaturated/α-hetero) is 1. The average Bonchev–Trinajstić information content (AvgIpc) is 3.25. The molecule has 0 aliphatic heterocycles. The van der Waals surface area contributed by atoms with E-state index in [9.17, 15) is 9.90 Å². The molecular weight excluding hydrogens is 406 g/mol. The molecule has 2 aromatic heterocycles. The Morgan fingerprint density at radius 1 is 1.40 bits per heavy atom. The third-order valence-electron chi connectivity index (χ3n) is 5.06. The Bertz CT molecular complexity index is 1080. The highest BCUT2D eigenvalue weighted by molar-refractivity contribution is 6.30. The van der Waals surface area contributed by atoms with Gasteiger partial charge in [0.1, 0.15) is 0 Å². The number of fused-ring (bicyclic) bond motifs is 2. The number of rotatable bonds is 8. The van der Waals surface area contributed by atoms with Gasteiger partial charge in [-0.2, -0.15) is 10.1 Å². The van der Waals surface area contributed by atoms with Crippen molar-refractivity contribution in [3.8, 4) is 0 Å². The van der Waals surface area contributed by atoms with Gasteiger partial charge < -0.3 is 15.2 Å². The van der Waals surface area contributed by atoms with Crippen molar-refractivity contribution < 1.29 is 14.6 Å². The number of carbonyl (C=O) groups excluding carboxylic acids is 1. The fraction of sp³-hybridized carbons (Fsp3) is 0.429. The summed E-state index contributed by atoms with van der Waals surface area (Å²) in [6, 6.07) is 5.53. The summed E-state index contributed by atoms with van der Waals surface area (Å²) >= 11 is 6.22. The maximum atomic E-state index is 13.0. The van der Waals surface area contributed by atoms with Gasteiger partial charge in [-0.05, 0) is 37.1 Å². The number of aromatic nitrogens is 4. The van der Waals surface area contributed by atoms with E-state index in [2.05, 4.69) is 20.4 Å². The molecule has 30 heavy (non-hydrogen) atoms. The summed E-state index contributed by atoms with van der Waals surface area (Å²) in [6.07, 6.45) is 1.64. The van der Waals surface area contributed by atoms with Gasteiger partial charge in [-0.15, -0.1) is 0 Å². The van der Waals surface area contributed by atoms with Crippen LogP contribution in [-0.4, -0.2) is 56.5 Å². The van der Waals surface area contributed by atoms with Crippen molar-refractivity contribution in [2.45, 2.75) is 38.8 Å². The molecule has 0 saturated carbocycles. The molecule has 0 spiro atoms. The lowest BCUT2D eigenvalue weighted by atomic mass is 9.95. The largest absolute Gasteiger partial charge is 0.392 e. The highest BCUT2D eigenvalue weighted by Gasteiger charge is 2.35. The highest BCUT2D eigenvalue weighted by atomic mass is 35.5. The highest BCUT2D eigenvalue weighted by Crippen LogP contribution is 2.39. The molecule has 2 heterocycles. The standard InChI is InChI=1S/C21H24ClN5O3/c1-3-30-7-6-27-11-16-19(24-21(23-10-12(2)28)25-20(16)26-27)18-15-9-14(22)5-4-13(15)8-17(18)29/h4-5,9,11-12,18,28H,3,6-8,10H2,1-2H3,(H,23,25,26)/t12-,18?/m0/s1. The lowest BCUT2D eigenvalue weighted by Crippen LogP contribution is -2.18. The van der Waals surface area contributed by atoms with Crippen LogP contribution in [-0.2, 0) is 22.5 Å². The number of aliphatic hydroxyl groups is 1. The van der Waals surface area contributed by atoms with Crippen LogP contribution in [0.25, 0.3) is 11.0 Å². The molecule has 2 N–H and O–H groups in total. The molecule has 0 radical (unpaired) electrons. The van der Waals surface area contributed by atoms with Gasteiger partial charge in [0.25, 0.3) is 0 Å². The molecule has 1 unspecified atom stereocenters. The zero-order valence-electron chi connectivity index (χ0n) is 16.9. The van der Waals surface area contributed by atoms with E-state index in [0.29, 0.717) is 48.5 Å². The molecule has 0 saturated heterocycles. The summed E-state index contributed by atoms with van der Waals surface area (Å²) in [5.41, 5.74) is 2.93. The number of nitrogens with one attached hydrogen (secondary N) is 1. The summed E-state index contributed by atoms with van der Waals surface area (Å²) in [5.74, 6) is -0.131. The molecule has 3 aromatic rings. The normalized spacial score (nSPS) is 16.8. The monoisotopic (exact) mass is 429 g/mol. The second-order valence-corrected chi connectivity index (χ2v) is 7.84. The minimum atomic E-state index is -0.566. The van der Waals surface area contributed by atoms with Gasteiger partial charge in [-0.1, -0.05) is 17.7 Å². The van der Waals surface area contributed by atoms with Gasteiger partial charge in [0.2, 0.25) is 5.95 Å². The van der Waals surface area contributed by atoms with Gasteiger partial charge in [0, 0.05) is 30.8 Å². The van der Waals surface area contributed by atoms with Crippen molar-refractivity contribution in [2.75, 3.05) is 25.1 Å². The van der Waals surface area contributed by atoms with Gasteiger partial charge in [-0.25, -0.2) is 4.98 Å². The zero-order chi connectivity index (χ0) is 21.3. The second-order valence-electron chi connectivity index (χ2n) is 7.41. The number of nitrogens with zero attached hydrogens (tertiary/aromatic N) is 4. The summed E-state index contributed by atoms with van der Waals surface area (Å²) < 4.78 is 7.18. The second kappa shape index (κ2) is 8.67. The molecule has 158 valence electrons. The van der Waals surface area contributed by atoms with Crippen LogP contribution in [0.15, 0.2) is 24.4 Å². The van der Waals surface area contributed by atoms with Crippen LogP contribution in [0.5, 0.6) is 0 Å². The van der Waals surface area contributed by atoms with E-state index in [1.807, 2.05) is 25.3 Å². The van der Waals surface area contributed by atoms with Crippen LogP contribution in [0, 0.1) is 0 Å². The lowest BCUT2D eigenvalue weighted by molar-refractivity contribution is -0.118. The molecule has 0 bridgehead atoms. The Morgan fingerprint density at radius 3 is 3.00 bits per heavy atom. The first-order chi connectivity index (χ1) is 14.5. The zero-order valence-corrected chi connectivity index (χ0v) is 17.7. The van der Waals surface area contributed by atoms with E-state index in [-0.39, 0.29) is 12.3 Å². The summed E-state index contributed by atoms with van der Waals surface area (Å²) in [7, 11) is 0. The van der Waals surface area contributed by atoms with E-state index in [1.54, 1.807) is 17.7 Å². The Hall–Kier alpha value is -2.55. The van der Waals surface area contributed by atoms with Gasteiger partial charge in [0.15, 0.2) is 11.4 Å². The first-order valence-electron chi connectivity index (χ1n) is 10.0. The van der Waals surface area contributed by atoms with Crippen LogP contribution in [0.3, 0.4) is 0 Å². The lowest BCUT2D eigenvalue weighted by Gasteiger charge is -2.14. The van der Waals surface area contributed by atoms with Crippen LogP contribution >= 0.6 is 11.6 Å². The van der Waals surface area contributed by atoms with E-state index in [1.165, 1.54) is 0 Å². The molecule has 0 fully saturated rings. The van der Waals surface area contributed by atoms with Crippen molar-refractivity contribution in [2.24, 2.45) is 0 Å². The van der Waals surface area contributed by atoms with Crippen LogP contribution in [0.2, 0.25) is 5.02 Å². The number of ketones is 1. The third-order valence-corrected chi connectivity index (χ3v) is 5.29. The Balaban J connectivity index is 1.80. The summed E-state index contributed by atoms with van der Waals surface area (Å²) in [4.78, 5) is 22.1. The van der Waals surface area contributed by atoms with E-state index >= 15 is 0 Å². The predicted octanol–water partition coefficient (Wildman–Crippen LogP) is 2.57. The smallest absolute Gasteiger partial charge is 0.225 e. The van der Waals surface area contributed by atoms with Gasteiger partial charge in [-0.3, -0.25) is 9.48 Å². The SMILES string of the molecule is CCOCCn1cc2c(C3C(=O)Cc4ccc(Cl)cc43)nc(NC[C@H](C)O)nc2n1. The first-order valence-corrected chi connectivity index (χ1v) is 10.4. The van der Waals surface area contributed by atoms with E-state index < -0.39 is 12.0 Å². The van der Waals surface area contributed by atoms with Crippen LogP contribution in [0.4, 0.5) is 5.95 Å². The molecule has 8 nitrogen and oxygen atoms in total. The Labute approximate surface area is 179 Å². The molecule has 1 aromatic carbocycles. The minimum absolute atomic E-state index is 0.0656. The van der Waals surface area contributed by atoms with Crippen molar-refractivity contribution in [3.05, 3.63) is 46.2 Å². The maximum Gasteiger partial charge on any atom is 0.225 e. The quantitative estimate of drug-likeness (QED) is 0.530. The molecule has 1 aliphatic carbocycles. The van der Waals surface area contributed by atoms with E-state index in [4.69, 9.17) is 16.3 Å². The van der Waals surface area contributed by atoms with Gasteiger partial charge in [0.05, 0.1) is 36.3 Å². The fourth-order valence-electron chi connectivity index (χ4n) is 3.69. The third kappa shape index (κ3) is 4.16. The number of aliphatic hydroxyl groups excluding tert-OH is 1. The molecule has 9 heteroatoms. The average molecular weight is 430 g/mol. The van der Waals surface area contributed by atoms with Crippen molar-refractivity contribution in [3.63, 3.8) is 0 Å². The fourth-order valence-corrected chi connectivity index (χ4v) is 3.87. The Morgan fingerprint density at radius 2 is 2.23 bits per heavy atom. The maximum absolute atomic E-state index is 13.0. The molecule has 2 atom stereocenters. The van der Waals surface area contributed by atoms with Crippen molar-refractivity contribution >= 4 is 34.4 Å². The molecule has 1 aliphatic rings. The van der Waals surface area contributed by atoms with Crippen LogP contribution in [0.1, 0.15) is 36.6 Å².